The number of halogens is 3. The maximum absolute atomic E-state index is 15.2. The van der Waals surface area contributed by atoms with E-state index in [-0.39, 0.29) is 42.2 Å². The van der Waals surface area contributed by atoms with Crippen molar-refractivity contribution in [2.75, 3.05) is 10.6 Å². The van der Waals surface area contributed by atoms with Gasteiger partial charge in [-0.25, -0.2) is 13.2 Å². The number of hydrogen-bond donors (Lipinski definition) is 3. The number of anilines is 2. The summed E-state index contributed by atoms with van der Waals surface area (Å²) in [6.07, 6.45) is 0.335. The first-order valence-corrected chi connectivity index (χ1v) is 9.59. The highest BCUT2D eigenvalue weighted by molar-refractivity contribution is 6.45. The van der Waals surface area contributed by atoms with Crippen molar-refractivity contribution in [2.24, 2.45) is 0 Å². The highest BCUT2D eigenvalue weighted by Crippen LogP contribution is 2.49. The van der Waals surface area contributed by atoms with E-state index in [0.717, 1.165) is 0 Å². The fourth-order valence-electron chi connectivity index (χ4n) is 3.44. The number of alkyl halides is 2. The fourth-order valence-corrected chi connectivity index (χ4v) is 3.44. The second kappa shape index (κ2) is 6.97. The maximum atomic E-state index is 15.2. The third-order valence-corrected chi connectivity index (χ3v) is 5.76. The molecule has 1 unspecified atom stereocenters. The normalized spacial score (nSPS) is 26.8. The van der Waals surface area contributed by atoms with E-state index in [1.807, 2.05) is 29.5 Å². The van der Waals surface area contributed by atoms with Crippen LogP contribution in [0.4, 0.5) is 25.1 Å². The summed E-state index contributed by atoms with van der Waals surface area (Å²) in [5.74, 6) is -2.86. The summed E-state index contributed by atoms with van der Waals surface area (Å²) in [6, 6.07) is -0.423. The lowest BCUT2D eigenvalue weighted by molar-refractivity contribution is -0.0794. The van der Waals surface area contributed by atoms with Crippen molar-refractivity contribution < 1.29 is 18.3 Å². The lowest BCUT2D eigenvalue weighted by Crippen LogP contribution is -2.48. The van der Waals surface area contributed by atoms with Gasteiger partial charge in [0.15, 0.2) is 13.7 Å². The number of nitrogens with one attached hydrogen (secondary N) is 2. The predicted molar refractivity (Wildman–Crippen MR) is 111 cm³/mol. The zero-order valence-electron chi connectivity index (χ0n) is 16.9. The van der Waals surface area contributed by atoms with Crippen LogP contribution in [0.25, 0.3) is 5.57 Å². The molecule has 0 saturated heterocycles. The zero-order chi connectivity index (χ0) is 20.9. The van der Waals surface area contributed by atoms with Crippen molar-refractivity contribution in [1.29, 1.82) is 0 Å². The molecule has 1 atom stereocenters. The Bertz CT molecular complexity index is 796. The van der Waals surface area contributed by atoms with Crippen LogP contribution in [0.15, 0.2) is 5.83 Å². The van der Waals surface area contributed by atoms with Gasteiger partial charge in [-0.2, -0.15) is 15.0 Å². The second-order valence-corrected chi connectivity index (χ2v) is 8.96. The lowest BCUT2D eigenvalue weighted by Gasteiger charge is -2.44. The van der Waals surface area contributed by atoms with Gasteiger partial charge in [0, 0.05) is 30.5 Å². The van der Waals surface area contributed by atoms with Gasteiger partial charge >= 0.3 is 0 Å². The average molecular weight is 393 g/mol. The number of rotatable bonds is 5. The van der Waals surface area contributed by atoms with E-state index < -0.39 is 28.5 Å². The Balaban J connectivity index is 1.97. The van der Waals surface area contributed by atoms with Gasteiger partial charge in [-0.15, -0.1) is 0 Å². The predicted octanol–water partition coefficient (Wildman–Crippen LogP) is 0.0800. The zero-order valence-corrected chi connectivity index (χ0v) is 16.9. The summed E-state index contributed by atoms with van der Waals surface area (Å²) in [5.41, 5.74) is -1.43. The Kier molecular flexibility index (Phi) is 5.23. The van der Waals surface area contributed by atoms with Crippen LogP contribution in [0, 0.1) is 0 Å². The topological polar surface area (TPSA) is 83.0 Å². The van der Waals surface area contributed by atoms with Gasteiger partial charge in [-0.1, -0.05) is 11.6 Å². The Hall–Kier alpha value is -1.71. The van der Waals surface area contributed by atoms with Crippen molar-refractivity contribution in [1.82, 2.24) is 15.0 Å². The SMILES string of the molecule is BC1(B)CCC(c2nc(NC(C)C)nc(NC3CC(F)(F)C3)n2)=C(F)C1(B)O. The molecule has 2 aliphatic carbocycles. The van der Waals surface area contributed by atoms with Crippen LogP contribution < -0.4 is 10.6 Å². The van der Waals surface area contributed by atoms with Gasteiger partial charge in [0.25, 0.3) is 5.92 Å². The minimum Gasteiger partial charge on any atom is -0.393 e. The largest absolute Gasteiger partial charge is 0.393 e. The van der Waals surface area contributed by atoms with Crippen LogP contribution in [-0.2, 0) is 0 Å². The Morgan fingerprint density at radius 1 is 1.11 bits per heavy atom. The van der Waals surface area contributed by atoms with Crippen molar-refractivity contribution in [2.45, 2.75) is 68.3 Å². The van der Waals surface area contributed by atoms with Gasteiger partial charge in [-0.05, 0) is 20.3 Å². The molecule has 0 spiro atoms. The van der Waals surface area contributed by atoms with Crippen LogP contribution in [-0.4, -0.2) is 67.1 Å². The first kappa shape index (κ1) is 21.0. The van der Waals surface area contributed by atoms with Crippen LogP contribution in [0.2, 0.25) is 5.21 Å². The van der Waals surface area contributed by atoms with Crippen molar-refractivity contribution in [3.05, 3.63) is 11.7 Å². The maximum Gasteiger partial charge on any atom is 0.252 e. The standard InChI is InChI=1S/C16H25B3F3N5O/c1-7(2)23-12-25-11(9-3-4-15(17,18)16(19,28)10(9)20)26-13(27-12)24-8-5-14(21,22)6-8/h7-8,28H,3-6,17-19H2,1-2H3,(H2,23,24,25,26,27). The summed E-state index contributed by atoms with van der Waals surface area (Å²) in [4.78, 5) is 12.8. The Morgan fingerprint density at radius 2 is 1.71 bits per heavy atom. The molecule has 0 aromatic carbocycles. The fraction of sp³-hybridized carbons (Fsp3) is 0.688. The van der Waals surface area contributed by atoms with E-state index in [9.17, 15) is 13.9 Å². The smallest absolute Gasteiger partial charge is 0.252 e. The summed E-state index contributed by atoms with van der Waals surface area (Å²) in [7, 11) is 5.07. The van der Waals surface area contributed by atoms with Crippen molar-refractivity contribution in [3.63, 3.8) is 0 Å². The summed E-state index contributed by atoms with van der Waals surface area (Å²) < 4.78 is 41.4. The molecule has 0 radical (unpaired) electrons. The van der Waals surface area contributed by atoms with E-state index in [0.29, 0.717) is 12.8 Å². The van der Waals surface area contributed by atoms with Gasteiger partial charge in [0.2, 0.25) is 11.9 Å². The van der Waals surface area contributed by atoms with E-state index in [1.165, 1.54) is 7.85 Å². The second-order valence-electron chi connectivity index (χ2n) is 8.96. The highest BCUT2D eigenvalue weighted by atomic mass is 19.3. The molecular weight excluding hydrogens is 368 g/mol. The molecule has 150 valence electrons. The average Bonchev–Trinajstić information content (AvgIpc) is 2.50. The van der Waals surface area contributed by atoms with E-state index >= 15 is 4.39 Å². The molecule has 3 N–H and O–H groups in total. The van der Waals surface area contributed by atoms with Crippen LogP contribution >= 0.6 is 0 Å². The summed E-state index contributed by atoms with van der Waals surface area (Å²) in [5, 5.41) is 16.0. The first-order chi connectivity index (χ1) is 12.8. The first-order valence-electron chi connectivity index (χ1n) is 9.59. The molecule has 3 rings (SSSR count). The number of aromatic nitrogens is 3. The lowest BCUT2D eigenvalue weighted by atomic mass is 9.37. The number of aliphatic hydroxyl groups is 1. The number of allylic oxidation sites excluding steroid dienone is 1. The molecule has 1 saturated carbocycles. The molecule has 12 heteroatoms. The molecule has 0 aliphatic heterocycles. The molecule has 1 fully saturated rings. The third-order valence-electron chi connectivity index (χ3n) is 5.76. The molecule has 1 aromatic heterocycles. The molecule has 1 aromatic rings. The van der Waals surface area contributed by atoms with Crippen LogP contribution in [0.3, 0.4) is 0 Å². The minimum absolute atomic E-state index is 0.0170. The Morgan fingerprint density at radius 3 is 2.29 bits per heavy atom. The molecule has 0 bridgehead atoms. The van der Waals surface area contributed by atoms with Gasteiger partial charge < -0.3 is 15.7 Å². The molecule has 1 heterocycles. The monoisotopic (exact) mass is 393 g/mol. The van der Waals surface area contributed by atoms with Gasteiger partial charge in [0.05, 0.1) is 5.50 Å². The molecule has 6 nitrogen and oxygen atoms in total. The molecule has 2 aliphatic rings. The van der Waals surface area contributed by atoms with Crippen molar-refractivity contribution >= 4 is 41.0 Å². The number of nitrogens with zero attached hydrogens (tertiary/aromatic N) is 3. The quantitative estimate of drug-likeness (QED) is 0.616. The van der Waals surface area contributed by atoms with Gasteiger partial charge in [-0.3, -0.25) is 0 Å². The number of hydrogen-bond acceptors (Lipinski definition) is 6. The summed E-state index contributed by atoms with van der Waals surface area (Å²) >= 11 is 0. The summed E-state index contributed by atoms with van der Waals surface area (Å²) in [6.45, 7) is 3.80. The molecule has 0 amide bonds. The highest BCUT2D eigenvalue weighted by Gasteiger charge is 2.48. The van der Waals surface area contributed by atoms with E-state index in [2.05, 4.69) is 25.6 Å². The van der Waals surface area contributed by atoms with E-state index in [4.69, 9.17) is 0 Å². The van der Waals surface area contributed by atoms with Crippen LogP contribution in [0.5, 0.6) is 0 Å². The van der Waals surface area contributed by atoms with Crippen LogP contribution in [0.1, 0.15) is 45.4 Å². The van der Waals surface area contributed by atoms with Gasteiger partial charge in [0.1, 0.15) is 21.5 Å². The molecular formula is C16H25B3F3N5O. The minimum atomic E-state index is -2.67. The van der Waals surface area contributed by atoms with Crippen molar-refractivity contribution in [3.8, 4) is 0 Å². The van der Waals surface area contributed by atoms with E-state index in [1.54, 1.807) is 0 Å². The Labute approximate surface area is 165 Å². The molecule has 28 heavy (non-hydrogen) atoms. The third kappa shape index (κ3) is 4.02.